The number of amides is 1. The van der Waals surface area contributed by atoms with Crippen molar-refractivity contribution in [2.24, 2.45) is 7.05 Å². The molecule has 2 N–H and O–H groups in total. The van der Waals surface area contributed by atoms with Crippen LogP contribution in [0.15, 0.2) is 36.8 Å². The number of hydrogen-bond donors (Lipinski definition) is 1. The summed E-state index contributed by atoms with van der Waals surface area (Å²) >= 11 is 0. The van der Waals surface area contributed by atoms with E-state index in [1.54, 1.807) is 35.5 Å². The zero-order valence-corrected chi connectivity index (χ0v) is 20.3. The van der Waals surface area contributed by atoms with Crippen molar-refractivity contribution in [2.75, 3.05) is 17.2 Å². The van der Waals surface area contributed by atoms with Gasteiger partial charge in [-0.05, 0) is 45.9 Å². The Hall–Kier alpha value is -4.23. The number of ether oxygens (including phenoxy) is 1. The van der Waals surface area contributed by atoms with Crippen LogP contribution in [0.3, 0.4) is 0 Å². The van der Waals surface area contributed by atoms with Gasteiger partial charge in [0.25, 0.3) is 5.91 Å². The molecule has 0 radical (unpaired) electrons. The van der Waals surface area contributed by atoms with Gasteiger partial charge in [-0.1, -0.05) is 6.07 Å². The van der Waals surface area contributed by atoms with E-state index in [4.69, 9.17) is 10.5 Å². The summed E-state index contributed by atoms with van der Waals surface area (Å²) in [7, 11) is 1.94. The maximum absolute atomic E-state index is 13.2. The summed E-state index contributed by atoms with van der Waals surface area (Å²) in [6, 6.07) is 9.63. The number of nitrogen functional groups attached to an aromatic ring is 1. The predicted molar refractivity (Wildman–Crippen MR) is 131 cm³/mol. The summed E-state index contributed by atoms with van der Waals surface area (Å²) in [6.07, 6.45) is 3.02. The first-order chi connectivity index (χ1) is 16.6. The largest absolute Gasteiger partial charge is 0.382 e. The first kappa shape index (κ1) is 22.6. The van der Waals surface area contributed by atoms with Gasteiger partial charge in [0.1, 0.15) is 29.3 Å². The highest BCUT2D eigenvalue weighted by molar-refractivity contribution is 6.01. The number of carbonyl (C=O) groups excluding carboxylic acids is 1. The van der Waals surface area contributed by atoms with E-state index in [1.807, 2.05) is 43.7 Å². The number of aryl methyl sites for hydroxylation is 1. The molecule has 1 fully saturated rings. The van der Waals surface area contributed by atoms with Crippen molar-refractivity contribution in [3.05, 3.63) is 48.2 Å². The van der Waals surface area contributed by atoms with E-state index in [9.17, 15) is 10.1 Å². The van der Waals surface area contributed by atoms with Crippen LogP contribution in [0, 0.1) is 18.3 Å². The predicted octanol–water partition coefficient (Wildman–Crippen LogP) is 3.09. The third kappa shape index (κ3) is 3.52. The summed E-state index contributed by atoms with van der Waals surface area (Å²) in [5.41, 5.74) is 10.1. The molecular weight excluding hydrogens is 444 g/mol. The summed E-state index contributed by atoms with van der Waals surface area (Å²) < 4.78 is 9.56. The van der Waals surface area contributed by atoms with Crippen LogP contribution < -0.4 is 10.6 Å². The van der Waals surface area contributed by atoms with Crippen LogP contribution in [0.1, 0.15) is 32.2 Å². The van der Waals surface area contributed by atoms with Gasteiger partial charge in [0.2, 0.25) is 0 Å². The normalized spacial score (nSPS) is 17.7. The van der Waals surface area contributed by atoms with Gasteiger partial charge in [-0.15, -0.1) is 0 Å². The van der Waals surface area contributed by atoms with Gasteiger partial charge in [-0.25, -0.2) is 14.5 Å². The topological polar surface area (TPSA) is 127 Å². The quantitative estimate of drug-likeness (QED) is 0.487. The summed E-state index contributed by atoms with van der Waals surface area (Å²) in [4.78, 5) is 23.5. The van der Waals surface area contributed by atoms with E-state index in [1.165, 1.54) is 6.33 Å². The summed E-state index contributed by atoms with van der Waals surface area (Å²) in [5.74, 6) is 1.01. The van der Waals surface area contributed by atoms with Crippen LogP contribution in [0.5, 0.6) is 0 Å². The molecule has 3 aromatic heterocycles. The number of fused-ring (bicyclic) bond motifs is 1. The van der Waals surface area contributed by atoms with Crippen LogP contribution in [0.2, 0.25) is 0 Å². The highest BCUT2D eigenvalue weighted by atomic mass is 16.5. The van der Waals surface area contributed by atoms with Crippen LogP contribution in [-0.2, 0) is 16.6 Å². The van der Waals surface area contributed by atoms with Crippen LogP contribution in [-0.4, -0.2) is 48.3 Å². The number of benzene rings is 1. The lowest BCUT2D eigenvalue weighted by atomic mass is 10.0. The van der Waals surface area contributed by atoms with Crippen molar-refractivity contribution in [1.82, 2.24) is 24.1 Å². The number of morpholine rings is 1. The maximum Gasteiger partial charge on any atom is 0.258 e. The molecule has 1 saturated heterocycles. The molecule has 1 aliphatic heterocycles. The minimum Gasteiger partial charge on any atom is -0.382 e. The second-order valence-electron chi connectivity index (χ2n) is 9.30. The molecule has 1 amide bonds. The SMILES string of the molecule is Cc1ncc(-c2cc(-c3ccc(C#N)c(N4C[C@@H](C)OC(C)(C)C4=O)c3)n3ncnc(N)c23)n1C. The van der Waals surface area contributed by atoms with Crippen molar-refractivity contribution < 1.29 is 9.53 Å². The van der Waals surface area contributed by atoms with E-state index in [2.05, 4.69) is 21.1 Å². The van der Waals surface area contributed by atoms with Gasteiger partial charge in [0.15, 0.2) is 5.82 Å². The zero-order chi connectivity index (χ0) is 25.1. The Morgan fingerprint density at radius 3 is 2.69 bits per heavy atom. The number of hydrogen-bond acceptors (Lipinski definition) is 7. The molecule has 178 valence electrons. The lowest BCUT2D eigenvalue weighted by Crippen LogP contribution is -2.56. The van der Waals surface area contributed by atoms with Crippen LogP contribution in [0.4, 0.5) is 11.5 Å². The average molecular weight is 471 g/mol. The van der Waals surface area contributed by atoms with Gasteiger partial charge in [0.05, 0.1) is 41.5 Å². The number of aromatic nitrogens is 5. The molecule has 4 heterocycles. The molecule has 35 heavy (non-hydrogen) atoms. The summed E-state index contributed by atoms with van der Waals surface area (Å²) in [5, 5.41) is 14.3. The van der Waals surface area contributed by atoms with Crippen molar-refractivity contribution >= 4 is 22.9 Å². The van der Waals surface area contributed by atoms with Crippen molar-refractivity contribution in [3.8, 4) is 28.6 Å². The van der Waals surface area contributed by atoms with E-state index < -0.39 is 5.60 Å². The Morgan fingerprint density at radius 1 is 1.23 bits per heavy atom. The first-order valence-electron chi connectivity index (χ1n) is 11.3. The molecule has 1 atom stereocenters. The Balaban J connectivity index is 1.72. The highest BCUT2D eigenvalue weighted by Gasteiger charge is 2.41. The molecule has 10 heteroatoms. The molecule has 0 spiro atoms. The minimum absolute atomic E-state index is 0.181. The molecule has 4 aromatic rings. The fraction of sp³-hybridized carbons (Fsp3) is 0.320. The minimum atomic E-state index is -0.992. The molecule has 0 saturated carbocycles. The third-order valence-corrected chi connectivity index (χ3v) is 6.48. The molecule has 1 aromatic carbocycles. The van der Waals surface area contributed by atoms with Crippen molar-refractivity contribution in [2.45, 2.75) is 39.4 Å². The molecular formula is C25H26N8O2. The second kappa shape index (κ2) is 7.92. The van der Waals surface area contributed by atoms with E-state index in [0.29, 0.717) is 29.1 Å². The van der Waals surface area contributed by atoms with Crippen molar-refractivity contribution in [1.29, 1.82) is 5.26 Å². The number of nitrogens with zero attached hydrogens (tertiary/aromatic N) is 7. The van der Waals surface area contributed by atoms with Crippen molar-refractivity contribution in [3.63, 3.8) is 0 Å². The van der Waals surface area contributed by atoms with Gasteiger partial charge < -0.3 is 19.9 Å². The number of nitrogens with two attached hydrogens (primary N) is 1. The molecule has 0 aliphatic carbocycles. The Labute approximate surface area is 202 Å². The molecule has 0 unspecified atom stereocenters. The third-order valence-electron chi connectivity index (χ3n) is 6.48. The fourth-order valence-electron chi connectivity index (χ4n) is 4.69. The van der Waals surface area contributed by atoms with E-state index >= 15 is 0 Å². The van der Waals surface area contributed by atoms with Gasteiger partial charge in [-0.2, -0.15) is 10.4 Å². The summed E-state index contributed by atoms with van der Waals surface area (Å²) in [6.45, 7) is 7.69. The lowest BCUT2D eigenvalue weighted by molar-refractivity contribution is -0.153. The molecule has 1 aliphatic rings. The first-order valence-corrected chi connectivity index (χ1v) is 11.3. The van der Waals surface area contributed by atoms with Gasteiger partial charge in [0, 0.05) is 18.2 Å². The zero-order valence-electron chi connectivity index (χ0n) is 20.3. The number of carbonyl (C=O) groups is 1. The van der Waals surface area contributed by atoms with Crippen LogP contribution >= 0.6 is 0 Å². The second-order valence-corrected chi connectivity index (χ2v) is 9.30. The van der Waals surface area contributed by atoms with Crippen LogP contribution in [0.25, 0.3) is 28.0 Å². The number of nitriles is 1. The maximum atomic E-state index is 13.2. The smallest absolute Gasteiger partial charge is 0.258 e. The Kier molecular flexibility index (Phi) is 5.11. The molecule has 5 rings (SSSR count). The lowest BCUT2D eigenvalue weighted by Gasteiger charge is -2.41. The van der Waals surface area contributed by atoms with Gasteiger partial charge in [-0.3, -0.25) is 4.79 Å². The fourth-order valence-corrected chi connectivity index (χ4v) is 4.69. The van der Waals surface area contributed by atoms with E-state index in [-0.39, 0.29) is 12.0 Å². The molecule has 10 nitrogen and oxygen atoms in total. The highest BCUT2D eigenvalue weighted by Crippen LogP contribution is 2.37. The standard InChI is InChI=1S/C25H26N8O2/c1-14-12-32(24(34)25(3,4)35-14)19-8-16(6-7-17(19)10-26)20-9-18(21-11-28-15(2)31(21)5)22-23(27)29-13-30-33(20)22/h6-9,11,13-14H,12H2,1-5H3,(H2,27,29,30)/t14-/m1/s1. The number of anilines is 2. The van der Waals surface area contributed by atoms with E-state index in [0.717, 1.165) is 28.3 Å². The molecule has 0 bridgehead atoms. The Morgan fingerprint density at radius 2 is 2.00 bits per heavy atom. The van der Waals surface area contributed by atoms with Gasteiger partial charge >= 0.3 is 0 Å². The number of imidazole rings is 1. The monoisotopic (exact) mass is 470 g/mol. The number of rotatable bonds is 3. The Bertz CT molecular complexity index is 1520. The average Bonchev–Trinajstić information content (AvgIpc) is 3.36.